The molecule has 2 heterocycles. The van der Waals surface area contributed by atoms with E-state index in [1.807, 2.05) is 18.2 Å². The smallest absolute Gasteiger partial charge is 0.387 e. The molecule has 144 valence electrons. The maximum absolute atomic E-state index is 13.8. The van der Waals surface area contributed by atoms with Gasteiger partial charge in [0.2, 0.25) is 0 Å². The quantitative estimate of drug-likeness (QED) is 0.831. The van der Waals surface area contributed by atoms with E-state index in [0.717, 1.165) is 31.0 Å². The van der Waals surface area contributed by atoms with Gasteiger partial charge in [0.05, 0.1) is 18.2 Å². The summed E-state index contributed by atoms with van der Waals surface area (Å²) in [6, 6.07) is 13.8. The number of piperidine rings is 1. The van der Waals surface area contributed by atoms with E-state index in [1.165, 1.54) is 12.1 Å². The Morgan fingerprint density at radius 3 is 2.74 bits per heavy atom. The van der Waals surface area contributed by atoms with E-state index in [-0.39, 0.29) is 17.7 Å². The summed E-state index contributed by atoms with van der Waals surface area (Å²) in [5.41, 5.74) is 1.16. The van der Waals surface area contributed by atoms with Gasteiger partial charge in [0, 0.05) is 11.5 Å². The molecule has 0 bridgehead atoms. The molecule has 3 atom stereocenters. The number of halogens is 3. The van der Waals surface area contributed by atoms with Gasteiger partial charge >= 0.3 is 6.61 Å². The first-order valence-electron chi connectivity index (χ1n) is 9.24. The number of rotatable bonds is 4. The lowest BCUT2D eigenvalue weighted by molar-refractivity contribution is -0.0512. The van der Waals surface area contributed by atoms with Crippen LogP contribution in [0.1, 0.15) is 42.3 Å². The first-order chi connectivity index (χ1) is 13.1. The first-order valence-corrected chi connectivity index (χ1v) is 9.24. The second-order valence-corrected chi connectivity index (χ2v) is 7.24. The summed E-state index contributed by atoms with van der Waals surface area (Å²) in [5.74, 6) is -0.633. The summed E-state index contributed by atoms with van der Waals surface area (Å²) >= 11 is 0. The van der Waals surface area contributed by atoms with Gasteiger partial charge in [0.15, 0.2) is 0 Å². The third-order valence-electron chi connectivity index (χ3n) is 5.58. The summed E-state index contributed by atoms with van der Waals surface area (Å²) in [6.45, 7) is -1.69. The van der Waals surface area contributed by atoms with E-state index in [4.69, 9.17) is 4.74 Å². The van der Waals surface area contributed by atoms with Gasteiger partial charge in [-0.1, -0.05) is 30.3 Å². The topological polar surface area (TPSA) is 30.5 Å². The predicted octanol–water partition coefficient (Wildman–Crippen LogP) is 4.79. The summed E-state index contributed by atoms with van der Waals surface area (Å²) < 4.78 is 50.3. The highest BCUT2D eigenvalue weighted by Gasteiger charge is 2.49. The normalized spacial score (nSPS) is 28.0. The third kappa shape index (κ3) is 3.69. The molecule has 2 aliphatic heterocycles. The Bertz CT molecular complexity index is 786. The number of benzene rings is 2. The van der Waals surface area contributed by atoms with Crippen molar-refractivity contribution in [1.82, 2.24) is 5.32 Å². The fourth-order valence-electron chi connectivity index (χ4n) is 4.45. The minimum absolute atomic E-state index is 0.0190. The molecule has 0 amide bonds. The van der Waals surface area contributed by atoms with Crippen LogP contribution < -0.4 is 10.1 Å². The highest BCUT2D eigenvalue weighted by atomic mass is 19.3. The van der Waals surface area contributed by atoms with Crippen LogP contribution in [-0.2, 0) is 4.74 Å². The number of alkyl halides is 2. The summed E-state index contributed by atoms with van der Waals surface area (Å²) in [5, 5.41) is 3.55. The van der Waals surface area contributed by atoms with Crippen LogP contribution in [0.2, 0.25) is 0 Å². The molecule has 3 nitrogen and oxygen atoms in total. The number of ether oxygens (including phenoxy) is 2. The van der Waals surface area contributed by atoms with E-state index in [9.17, 15) is 13.2 Å². The maximum atomic E-state index is 13.8. The van der Waals surface area contributed by atoms with Crippen LogP contribution in [0.3, 0.4) is 0 Å². The summed E-state index contributed by atoms with van der Waals surface area (Å²) in [6.07, 6.45) is 2.47. The molecule has 27 heavy (non-hydrogen) atoms. The largest absolute Gasteiger partial charge is 0.435 e. The SMILES string of the molecule is Fc1ccc(OC(F)F)c([C@@H]2CO[C@]3(CCCN[C@H]3c3ccccc3)C2)c1. The lowest BCUT2D eigenvalue weighted by Gasteiger charge is -2.41. The Morgan fingerprint density at radius 2 is 1.96 bits per heavy atom. The highest BCUT2D eigenvalue weighted by molar-refractivity contribution is 5.38. The van der Waals surface area contributed by atoms with Gasteiger partial charge < -0.3 is 14.8 Å². The fourth-order valence-corrected chi connectivity index (χ4v) is 4.45. The Labute approximate surface area is 156 Å². The molecule has 2 aliphatic rings. The van der Waals surface area contributed by atoms with Crippen molar-refractivity contribution in [3.63, 3.8) is 0 Å². The molecule has 4 rings (SSSR count). The van der Waals surface area contributed by atoms with Crippen molar-refractivity contribution in [2.75, 3.05) is 13.2 Å². The maximum Gasteiger partial charge on any atom is 0.387 e. The van der Waals surface area contributed by atoms with Crippen LogP contribution in [0.25, 0.3) is 0 Å². The Kier molecular flexibility index (Phi) is 5.10. The Hall–Kier alpha value is -2.05. The van der Waals surface area contributed by atoms with Crippen LogP contribution >= 0.6 is 0 Å². The highest BCUT2D eigenvalue weighted by Crippen LogP contribution is 2.49. The standard InChI is InChI=1S/C21H22F3NO2/c22-16-7-8-18(27-20(23)24)17(11-16)15-12-21(26-13-15)9-4-10-25-19(21)14-5-2-1-3-6-14/h1-3,5-8,11,15,19-20,25H,4,9-10,12-13H2/t15-,19-,21+/m0/s1. The van der Waals surface area contributed by atoms with Gasteiger partial charge in [-0.3, -0.25) is 0 Å². The monoisotopic (exact) mass is 377 g/mol. The van der Waals surface area contributed by atoms with Crippen LogP contribution in [0.15, 0.2) is 48.5 Å². The minimum Gasteiger partial charge on any atom is -0.435 e. The second kappa shape index (κ2) is 7.52. The molecule has 0 aromatic heterocycles. The first kappa shape index (κ1) is 18.3. The fraction of sp³-hybridized carbons (Fsp3) is 0.429. The molecular weight excluding hydrogens is 355 g/mol. The van der Waals surface area contributed by atoms with Crippen molar-refractivity contribution in [1.29, 1.82) is 0 Å². The molecule has 1 spiro atoms. The number of nitrogens with one attached hydrogen (secondary N) is 1. The predicted molar refractivity (Wildman–Crippen MR) is 95.5 cm³/mol. The van der Waals surface area contributed by atoms with Crippen LogP contribution in [0, 0.1) is 5.82 Å². The zero-order valence-electron chi connectivity index (χ0n) is 14.8. The molecule has 0 saturated carbocycles. The number of hydrogen-bond acceptors (Lipinski definition) is 3. The van der Waals surface area contributed by atoms with E-state index in [1.54, 1.807) is 0 Å². The van der Waals surface area contributed by atoms with Gasteiger partial charge in [-0.25, -0.2) is 4.39 Å². The van der Waals surface area contributed by atoms with Crippen molar-refractivity contribution >= 4 is 0 Å². The van der Waals surface area contributed by atoms with Gasteiger partial charge in [0.1, 0.15) is 11.6 Å². The average Bonchev–Trinajstić information content (AvgIpc) is 3.08. The van der Waals surface area contributed by atoms with Gasteiger partial charge in [0.25, 0.3) is 0 Å². The van der Waals surface area contributed by atoms with E-state index < -0.39 is 18.0 Å². The lowest BCUT2D eigenvalue weighted by atomic mass is 9.77. The Balaban J connectivity index is 1.63. The van der Waals surface area contributed by atoms with Crippen LogP contribution in [-0.4, -0.2) is 25.4 Å². The summed E-state index contributed by atoms with van der Waals surface area (Å²) in [4.78, 5) is 0. The number of hydrogen-bond donors (Lipinski definition) is 1. The molecular formula is C21H22F3NO2. The average molecular weight is 377 g/mol. The van der Waals surface area contributed by atoms with Crippen molar-refractivity contribution in [2.45, 2.75) is 43.4 Å². The minimum atomic E-state index is -2.95. The second-order valence-electron chi connectivity index (χ2n) is 7.24. The molecule has 0 aliphatic carbocycles. The third-order valence-corrected chi connectivity index (χ3v) is 5.58. The molecule has 2 aromatic rings. The van der Waals surface area contributed by atoms with Gasteiger partial charge in [-0.2, -0.15) is 8.78 Å². The van der Waals surface area contributed by atoms with Crippen molar-refractivity contribution in [3.8, 4) is 5.75 Å². The summed E-state index contributed by atoms with van der Waals surface area (Å²) in [7, 11) is 0. The molecule has 1 N–H and O–H groups in total. The van der Waals surface area contributed by atoms with Gasteiger partial charge in [-0.15, -0.1) is 0 Å². The Morgan fingerprint density at radius 1 is 1.15 bits per heavy atom. The molecule has 0 unspecified atom stereocenters. The van der Waals surface area contributed by atoms with E-state index >= 15 is 0 Å². The molecule has 0 radical (unpaired) electrons. The zero-order valence-corrected chi connectivity index (χ0v) is 14.8. The molecule has 2 fully saturated rings. The van der Waals surface area contributed by atoms with Crippen LogP contribution in [0.5, 0.6) is 5.75 Å². The van der Waals surface area contributed by atoms with E-state index in [2.05, 4.69) is 22.2 Å². The lowest BCUT2D eigenvalue weighted by Crippen LogP contribution is -2.48. The molecule has 6 heteroatoms. The van der Waals surface area contributed by atoms with Gasteiger partial charge in [-0.05, 0) is 49.6 Å². The van der Waals surface area contributed by atoms with Crippen LogP contribution in [0.4, 0.5) is 13.2 Å². The van der Waals surface area contributed by atoms with Crippen molar-refractivity contribution in [3.05, 3.63) is 65.5 Å². The van der Waals surface area contributed by atoms with Crippen molar-refractivity contribution < 1.29 is 22.6 Å². The molecule has 2 aromatic carbocycles. The van der Waals surface area contributed by atoms with E-state index in [0.29, 0.717) is 18.6 Å². The zero-order chi connectivity index (χ0) is 18.9. The van der Waals surface area contributed by atoms with Crippen molar-refractivity contribution in [2.24, 2.45) is 0 Å². The molecule has 2 saturated heterocycles.